The first-order chi connectivity index (χ1) is 13.6. The molecule has 3 rings (SSSR count). The van der Waals surface area contributed by atoms with Crippen LogP contribution in [0.25, 0.3) is 11.5 Å². The zero-order valence-corrected chi connectivity index (χ0v) is 16.3. The number of ether oxygens (including phenoxy) is 2. The molecule has 0 aliphatic heterocycles. The third-order valence-corrected chi connectivity index (χ3v) is 4.45. The Morgan fingerprint density at radius 2 is 2.00 bits per heavy atom. The second-order valence-corrected chi connectivity index (χ2v) is 6.71. The second-order valence-electron chi connectivity index (χ2n) is 5.35. The molecular weight excluding hydrogens is 402 g/mol. The van der Waals surface area contributed by atoms with Crippen LogP contribution in [0.15, 0.2) is 52.1 Å². The fourth-order valence-corrected chi connectivity index (χ4v) is 2.84. The Balaban J connectivity index is 1.61. The zero-order chi connectivity index (χ0) is 19.9. The van der Waals surface area contributed by atoms with Gasteiger partial charge in [0.25, 0.3) is 5.22 Å². The van der Waals surface area contributed by atoms with E-state index in [1.54, 1.807) is 37.3 Å². The molecule has 9 heteroatoms. The minimum atomic E-state index is -0.512. The minimum Gasteiger partial charge on any atom is -0.490 e. The number of hydrogen-bond donors (Lipinski definition) is 0. The summed E-state index contributed by atoms with van der Waals surface area (Å²) in [5, 5.41) is 17.7. The van der Waals surface area contributed by atoms with Crippen molar-refractivity contribution in [3.05, 3.63) is 53.1 Å². The van der Waals surface area contributed by atoms with E-state index in [1.165, 1.54) is 12.1 Å². The van der Waals surface area contributed by atoms with Crippen LogP contribution in [0.1, 0.15) is 12.5 Å². The highest BCUT2D eigenvalue weighted by atomic mass is 35.5. The van der Waals surface area contributed by atoms with Gasteiger partial charge in [-0.1, -0.05) is 23.4 Å². The predicted octanol–water partition coefficient (Wildman–Crippen LogP) is 4.36. The Morgan fingerprint density at radius 1 is 1.21 bits per heavy atom. The normalized spacial score (nSPS) is 10.3. The Kier molecular flexibility index (Phi) is 6.53. The highest BCUT2D eigenvalue weighted by Crippen LogP contribution is 2.29. The molecular formula is C19H14ClN3O4S. The van der Waals surface area contributed by atoms with E-state index in [0.717, 1.165) is 17.3 Å². The summed E-state index contributed by atoms with van der Waals surface area (Å²) in [6.45, 7) is 2.18. The van der Waals surface area contributed by atoms with Gasteiger partial charge < -0.3 is 13.9 Å². The Bertz CT molecular complexity index is 1010. The van der Waals surface area contributed by atoms with Crippen molar-refractivity contribution in [1.29, 1.82) is 5.26 Å². The van der Waals surface area contributed by atoms with Crippen LogP contribution in [0.2, 0.25) is 5.02 Å². The number of esters is 1. The Labute approximate surface area is 170 Å². The molecule has 0 N–H and O–H groups in total. The van der Waals surface area contributed by atoms with Crippen LogP contribution in [0.4, 0.5) is 0 Å². The summed E-state index contributed by atoms with van der Waals surface area (Å²) in [7, 11) is 0. The van der Waals surface area contributed by atoms with E-state index in [-0.39, 0.29) is 16.7 Å². The second kappa shape index (κ2) is 9.26. The summed E-state index contributed by atoms with van der Waals surface area (Å²) in [6, 6.07) is 13.6. The van der Waals surface area contributed by atoms with E-state index >= 15 is 0 Å². The van der Waals surface area contributed by atoms with Crippen molar-refractivity contribution in [2.75, 3.05) is 12.4 Å². The maximum Gasteiger partial charge on any atom is 0.321 e. The molecule has 0 spiro atoms. The van der Waals surface area contributed by atoms with Gasteiger partial charge in [-0.05, 0) is 43.3 Å². The zero-order valence-electron chi connectivity index (χ0n) is 14.7. The molecule has 0 saturated heterocycles. The first kappa shape index (κ1) is 19.7. The van der Waals surface area contributed by atoms with E-state index in [2.05, 4.69) is 10.2 Å². The van der Waals surface area contributed by atoms with E-state index in [4.69, 9.17) is 30.8 Å². The molecule has 0 amide bonds. The van der Waals surface area contributed by atoms with Crippen LogP contribution >= 0.6 is 23.4 Å². The van der Waals surface area contributed by atoms with Gasteiger partial charge >= 0.3 is 5.97 Å². The first-order valence-corrected chi connectivity index (χ1v) is 9.55. The smallest absolute Gasteiger partial charge is 0.321 e. The van der Waals surface area contributed by atoms with Crippen molar-refractivity contribution in [3.63, 3.8) is 0 Å². The summed E-state index contributed by atoms with van der Waals surface area (Å²) < 4.78 is 16.3. The lowest BCUT2D eigenvalue weighted by Crippen LogP contribution is -2.11. The van der Waals surface area contributed by atoms with Gasteiger partial charge in [0.05, 0.1) is 18.2 Å². The lowest BCUT2D eigenvalue weighted by molar-refractivity contribution is -0.131. The molecule has 3 aromatic rings. The molecule has 0 fully saturated rings. The fraction of sp³-hybridized carbons (Fsp3) is 0.158. The lowest BCUT2D eigenvalue weighted by Gasteiger charge is -2.10. The number of hydrogen-bond acceptors (Lipinski definition) is 8. The topological polar surface area (TPSA) is 98.2 Å². The molecule has 0 aliphatic rings. The average molecular weight is 416 g/mol. The van der Waals surface area contributed by atoms with E-state index in [1.807, 2.05) is 6.07 Å². The monoisotopic (exact) mass is 415 g/mol. The number of nitriles is 1. The van der Waals surface area contributed by atoms with Gasteiger partial charge in [-0.25, -0.2) is 0 Å². The molecule has 0 unspecified atom stereocenters. The molecule has 0 radical (unpaired) electrons. The number of benzene rings is 2. The van der Waals surface area contributed by atoms with Crippen molar-refractivity contribution in [2.24, 2.45) is 0 Å². The molecule has 0 saturated carbocycles. The highest BCUT2D eigenvalue weighted by molar-refractivity contribution is 7.99. The van der Waals surface area contributed by atoms with E-state index < -0.39 is 5.97 Å². The van der Waals surface area contributed by atoms with Crippen molar-refractivity contribution in [1.82, 2.24) is 10.2 Å². The summed E-state index contributed by atoms with van der Waals surface area (Å²) in [4.78, 5) is 12.1. The van der Waals surface area contributed by atoms with Crippen molar-refractivity contribution >= 4 is 29.3 Å². The van der Waals surface area contributed by atoms with Crippen LogP contribution in [-0.2, 0) is 4.79 Å². The summed E-state index contributed by atoms with van der Waals surface area (Å²) in [5.74, 6) is 0.370. The molecule has 0 atom stereocenters. The van der Waals surface area contributed by atoms with Crippen LogP contribution in [0.3, 0.4) is 0 Å². The Morgan fingerprint density at radius 3 is 2.71 bits per heavy atom. The van der Waals surface area contributed by atoms with E-state index in [0.29, 0.717) is 28.8 Å². The van der Waals surface area contributed by atoms with Crippen molar-refractivity contribution in [3.8, 4) is 29.0 Å². The first-order valence-electron chi connectivity index (χ1n) is 8.19. The molecule has 1 aromatic heterocycles. The van der Waals surface area contributed by atoms with Crippen LogP contribution in [-0.4, -0.2) is 28.5 Å². The maximum atomic E-state index is 12.1. The largest absolute Gasteiger partial charge is 0.490 e. The third kappa shape index (κ3) is 5.03. The van der Waals surface area contributed by atoms with Crippen LogP contribution in [0, 0.1) is 11.3 Å². The summed E-state index contributed by atoms with van der Waals surface area (Å²) in [5.41, 5.74) is 1.14. The molecule has 1 heterocycles. The third-order valence-electron chi connectivity index (χ3n) is 3.41. The van der Waals surface area contributed by atoms with Crippen molar-refractivity contribution in [2.45, 2.75) is 12.1 Å². The standard InChI is InChI=1S/C19H14ClN3O4S/c1-2-25-16-9-12(10-21)3-8-15(16)26-17(24)11-28-19-23-22-18(27-19)13-4-6-14(20)7-5-13/h3-9H,2,11H2,1H3. The number of carbonyl (C=O) groups is 1. The fourth-order valence-electron chi connectivity index (χ4n) is 2.18. The molecule has 0 bridgehead atoms. The highest BCUT2D eigenvalue weighted by Gasteiger charge is 2.15. The van der Waals surface area contributed by atoms with Gasteiger partial charge in [0.15, 0.2) is 11.5 Å². The summed E-state index contributed by atoms with van der Waals surface area (Å²) >= 11 is 6.92. The number of thioether (sulfide) groups is 1. The molecule has 142 valence electrons. The number of nitrogens with zero attached hydrogens (tertiary/aromatic N) is 3. The number of halogens is 1. The number of aromatic nitrogens is 2. The van der Waals surface area contributed by atoms with Crippen LogP contribution < -0.4 is 9.47 Å². The van der Waals surface area contributed by atoms with Gasteiger partial charge in [0.1, 0.15) is 5.75 Å². The van der Waals surface area contributed by atoms with E-state index in [9.17, 15) is 4.79 Å². The Hall–Kier alpha value is -3.02. The number of rotatable bonds is 7. The molecule has 28 heavy (non-hydrogen) atoms. The van der Waals surface area contributed by atoms with Crippen LogP contribution in [0.5, 0.6) is 11.5 Å². The quantitative estimate of drug-likeness (QED) is 0.319. The van der Waals surface area contributed by atoms with Gasteiger partial charge in [-0.3, -0.25) is 4.79 Å². The predicted molar refractivity (Wildman–Crippen MR) is 103 cm³/mol. The van der Waals surface area contributed by atoms with Gasteiger partial charge in [0.2, 0.25) is 5.89 Å². The molecule has 0 aliphatic carbocycles. The SMILES string of the molecule is CCOc1cc(C#N)ccc1OC(=O)CSc1nnc(-c2ccc(Cl)cc2)o1. The average Bonchev–Trinajstić information content (AvgIpc) is 3.17. The van der Waals surface area contributed by atoms with Gasteiger partial charge in [0, 0.05) is 16.7 Å². The number of carbonyl (C=O) groups excluding carboxylic acids is 1. The molecule has 7 nitrogen and oxygen atoms in total. The minimum absolute atomic E-state index is 0.0339. The van der Waals surface area contributed by atoms with Gasteiger partial charge in [-0.2, -0.15) is 5.26 Å². The molecule has 2 aromatic carbocycles. The van der Waals surface area contributed by atoms with Gasteiger partial charge in [-0.15, -0.1) is 10.2 Å². The lowest BCUT2D eigenvalue weighted by atomic mass is 10.2. The summed E-state index contributed by atoms with van der Waals surface area (Å²) in [6.07, 6.45) is 0. The maximum absolute atomic E-state index is 12.1. The van der Waals surface area contributed by atoms with Crippen molar-refractivity contribution < 1.29 is 18.7 Å².